The zero-order valence-electron chi connectivity index (χ0n) is 12.3. The molecule has 1 unspecified atom stereocenters. The second kappa shape index (κ2) is 7.01. The van der Waals surface area contributed by atoms with Crippen molar-refractivity contribution in [3.05, 3.63) is 51.8 Å². The minimum atomic E-state index is 0.220. The van der Waals surface area contributed by atoms with Gasteiger partial charge in [0.1, 0.15) is 10.9 Å². The Morgan fingerprint density at radius 2 is 1.90 bits per heavy atom. The highest BCUT2D eigenvalue weighted by Crippen LogP contribution is 2.27. The third-order valence-corrected chi connectivity index (χ3v) is 3.70. The number of hydrogen-bond donors (Lipinski definition) is 1. The van der Waals surface area contributed by atoms with E-state index in [9.17, 15) is 0 Å². The minimum Gasteiger partial charge on any atom is -0.497 e. The lowest BCUT2D eigenvalue weighted by Gasteiger charge is -2.18. The van der Waals surface area contributed by atoms with Crippen molar-refractivity contribution in [2.75, 3.05) is 12.4 Å². The van der Waals surface area contributed by atoms with Gasteiger partial charge in [-0.3, -0.25) is 0 Å². The number of halogens is 2. The lowest BCUT2D eigenvalue weighted by Crippen LogP contribution is -2.19. The van der Waals surface area contributed by atoms with Crippen LogP contribution < -0.4 is 10.1 Å². The largest absolute Gasteiger partial charge is 0.497 e. The first kappa shape index (κ1) is 15.9. The van der Waals surface area contributed by atoms with Gasteiger partial charge in [0.2, 0.25) is 0 Å². The summed E-state index contributed by atoms with van der Waals surface area (Å²) in [4.78, 5) is 4.07. The van der Waals surface area contributed by atoms with Crippen molar-refractivity contribution in [2.24, 2.45) is 0 Å². The highest BCUT2D eigenvalue weighted by molar-refractivity contribution is 6.34. The van der Waals surface area contributed by atoms with Gasteiger partial charge < -0.3 is 10.1 Å². The molecule has 0 radical (unpaired) electrons. The standard InChI is InChI=1S/C16H18Cl2N2O/c1-10-8-14(17)20-16(18)15(10)19-11(2)9-12-4-6-13(21-3)7-5-12/h4-8,11,19H,9H2,1-3H3. The van der Waals surface area contributed by atoms with Crippen LogP contribution in [0.5, 0.6) is 5.75 Å². The molecular formula is C16H18Cl2N2O. The topological polar surface area (TPSA) is 34.1 Å². The van der Waals surface area contributed by atoms with Crippen LogP contribution in [0.25, 0.3) is 0 Å². The number of pyridine rings is 1. The fraction of sp³-hybridized carbons (Fsp3) is 0.312. The quantitative estimate of drug-likeness (QED) is 0.806. The molecule has 1 aromatic carbocycles. The second-order valence-corrected chi connectivity index (χ2v) is 5.77. The molecule has 5 heteroatoms. The van der Waals surface area contributed by atoms with Crippen LogP contribution in [0, 0.1) is 6.92 Å². The maximum absolute atomic E-state index is 6.15. The van der Waals surface area contributed by atoms with Gasteiger partial charge in [-0.1, -0.05) is 35.3 Å². The van der Waals surface area contributed by atoms with E-state index in [1.807, 2.05) is 19.1 Å². The molecule has 1 aromatic heterocycles. The molecule has 112 valence electrons. The molecule has 0 spiro atoms. The molecule has 2 rings (SSSR count). The van der Waals surface area contributed by atoms with Gasteiger partial charge in [0, 0.05) is 6.04 Å². The van der Waals surface area contributed by atoms with Crippen molar-refractivity contribution >= 4 is 28.9 Å². The first-order chi connectivity index (χ1) is 9.99. The van der Waals surface area contributed by atoms with Gasteiger partial charge in [0.05, 0.1) is 12.8 Å². The van der Waals surface area contributed by atoms with E-state index in [0.29, 0.717) is 10.3 Å². The summed E-state index contributed by atoms with van der Waals surface area (Å²) < 4.78 is 5.16. The predicted octanol–water partition coefficient (Wildman–Crippen LogP) is 4.75. The van der Waals surface area contributed by atoms with Crippen molar-refractivity contribution in [3.63, 3.8) is 0 Å². The number of aromatic nitrogens is 1. The molecule has 0 saturated carbocycles. The average Bonchev–Trinajstić information content (AvgIpc) is 2.43. The van der Waals surface area contributed by atoms with Crippen LogP contribution in [-0.2, 0) is 6.42 Å². The molecule has 0 aliphatic carbocycles. The fourth-order valence-corrected chi connectivity index (χ4v) is 2.77. The SMILES string of the molecule is COc1ccc(CC(C)Nc2c(C)cc(Cl)nc2Cl)cc1. The van der Waals surface area contributed by atoms with Crippen LogP contribution in [0.1, 0.15) is 18.1 Å². The second-order valence-electron chi connectivity index (χ2n) is 5.03. The lowest BCUT2D eigenvalue weighted by atomic mass is 10.1. The Bertz CT molecular complexity index is 591. The van der Waals surface area contributed by atoms with Gasteiger partial charge in [-0.25, -0.2) is 4.98 Å². The van der Waals surface area contributed by atoms with Crippen LogP contribution in [0.2, 0.25) is 10.3 Å². The first-order valence-corrected chi connectivity index (χ1v) is 7.47. The summed E-state index contributed by atoms with van der Waals surface area (Å²) in [7, 11) is 1.66. The molecule has 1 heterocycles. The smallest absolute Gasteiger partial charge is 0.154 e. The van der Waals surface area contributed by atoms with Gasteiger partial charge in [0.15, 0.2) is 5.15 Å². The van der Waals surface area contributed by atoms with E-state index >= 15 is 0 Å². The van der Waals surface area contributed by atoms with E-state index in [4.69, 9.17) is 27.9 Å². The number of benzene rings is 1. The van der Waals surface area contributed by atoms with Gasteiger partial charge >= 0.3 is 0 Å². The molecule has 0 fully saturated rings. The maximum atomic E-state index is 6.15. The highest BCUT2D eigenvalue weighted by Gasteiger charge is 2.11. The van der Waals surface area contributed by atoms with Crippen LogP contribution in [0.3, 0.4) is 0 Å². The highest BCUT2D eigenvalue weighted by atomic mass is 35.5. The van der Waals surface area contributed by atoms with Crippen molar-refractivity contribution in [1.82, 2.24) is 4.98 Å². The van der Waals surface area contributed by atoms with Gasteiger partial charge in [-0.05, 0) is 49.6 Å². The van der Waals surface area contributed by atoms with Crippen LogP contribution in [0.4, 0.5) is 5.69 Å². The van der Waals surface area contributed by atoms with Gasteiger partial charge in [0.25, 0.3) is 0 Å². The van der Waals surface area contributed by atoms with Crippen molar-refractivity contribution in [2.45, 2.75) is 26.3 Å². The summed E-state index contributed by atoms with van der Waals surface area (Å²) in [6, 6.07) is 10.1. The molecule has 1 atom stereocenters. The molecule has 1 N–H and O–H groups in total. The van der Waals surface area contributed by atoms with Crippen LogP contribution in [-0.4, -0.2) is 18.1 Å². The number of nitrogens with zero attached hydrogens (tertiary/aromatic N) is 1. The third-order valence-electron chi connectivity index (χ3n) is 3.23. The van der Waals surface area contributed by atoms with Gasteiger partial charge in [-0.15, -0.1) is 0 Å². The number of hydrogen-bond acceptors (Lipinski definition) is 3. The summed E-state index contributed by atoms with van der Waals surface area (Å²) in [6.45, 7) is 4.07. The molecule has 3 nitrogen and oxygen atoms in total. The normalized spacial score (nSPS) is 12.0. The predicted molar refractivity (Wildman–Crippen MR) is 88.8 cm³/mol. The van der Waals surface area contributed by atoms with E-state index in [1.165, 1.54) is 5.56 Å². The third kappa shape index (κ3) is 4.26. The van der Waals surface area contributed by atoms with E-state index < -0.39 is 0 Å². The monoisotopic (exact) mass is 324 g/mol. The Labute approximate surface area is 135 Å². The number of nitrogens with one attached hydrogen (secondary N) is 1. The molecule has 2 aromatic rings. The molecule has 0 bridgehead atoms. The summed E-state index contributed by atoms with van der Waals surface area (Å²) in [5.74, 6) is 0.861. The molecule has 0 amide bonds. The lowest BCUT2D eigenvalue weighted by molar-refractivity contribution is 0.414. The zero-order valence-corrected chi connectivity index (χ0v) is 13.8. The van der Waals surface area contributed by atoms with E-state index in [0.717, 1.165) is 23.4 Å². The number of ether oxygens (including phenoxy) is 1. The van der Waals surface area contributed by atoms with E-state index in [-0.39, 0.29) is 6.04 Å². The number of anilines is 1. The van der Waals surface area contributed by atoms with Crippen molar-refractivity contribution in [3.8, 4) is 5.75 Å². The molecular weight excluding hydrogens is 307 g/mol. The maximum Gasteiger partial charge on any atom is 0.154 e. The number of aryl methyl sites for hydroxylation is 1. The zero-order chi connectivity index (χ0) is 15.4. The Morgan fingerprint density at radius 1 is 1.24 bits per heavy atom. The van der Waals surface area contributed by atoms with Crippen molar-refractivity contribution in [1.29, 1.82) is 0 Å². The minimum absolute atomic E-state index is 0.220. The summed E-state index contributed by atoms with van der Waals surface area (Å²) in [6.07, 6.45) is 0.877. The fourth-order valence-electron chi connectivity index (χ4n) is 2.18. The summed E-state index contributed by atoms with van der Waals surface area (Å²) in [5, 5.41) is 4.21. The Balaban J connectivity index is 2.06. The first-order valence-electron chi connectivity index (χ1n) is 6.71. The molecule has 0 aliphatic rings. The molecule has 0 saturated heterocycles. The van der Waals surface area contributed by atoms with Crippen LogP contribution >= 0.6 is 23.2 Å². The Kier molecular flexibility index (Phi) is 5.32. The van der Waals surface area contributed by atoms with Gasteiger partial charge in [-0.2, -0.15) is 0 Å². The van der Waals surface area contributed by atoms with Crippen LogP contribution in [0.15, 0.2) is 30.3 Å². The van der Waals surface area contributed by atoms with E-state index in [1.54, 1.807) is 13.2 Å². The molecule has 21 heavy (non-hydrogen) atoms. The summed E-state index contributed by atoms with van der Waals surface area (Å²) >= 11 is 12.0. The van der Waals surface area contributed by atoms with Crippen molar-refractivity contribution < 1.29 is 4.74 Å². The number of methoxy groups -OCH3 is 1. The summed E-state index contributed by atoms with van der Waals surface area (Å²) in [5.41, 5.74) is 3.05. The molecule has 0 aliphatic heterocycles. The average molecular weight is 325 g/mol. The Morgan fingerprint density at radius 3 is 2.48 bits per heavy atom. The van der Waals surface area contributed by atoms with E-state index in [2.05, 4.69) is 29.4 Å². The number of rotatable bonds is 5. The Hall–Kier alpha value is -1.45.